The number of nitrogens with one attached hydrogen (secondary N) is 2. The number of aromatic nitrogens is 2. The number of unbranched alkanes of at least 4 members (excludes halogenated alkanes) is 3. The number of anilines is 4. The van der Waals surface area contributed by atoms with Gasteiger partial charge in [0, 0.05) is 23.6 Å². The summed E-state index contributed by atoms with van der Waals surface area (Å²) in [4.78, 5) is 7.98. The van der Waals surface area contributed by atoms with E-state index in [1.807, 2.05) is 31.2 Å². The van der Waals surface area contributed by atoms with Crippen LogP contribution in [0.25, 0.3) is 0 Å². The molecule has 2 N–H and O–H groups in total. The van der Waals surface area contributed by atoms with E-state index in [4.69, 9.17) is 4.74 Å². The first-order valence-corrected chi connectivity index (χ1v) is 11.2. The second kappa shape index (κ2) is 11.5. The molecule has 0 aliphatic heterocycles. The molecule has 0 radical (unpaired) electrons. The summed E-state index contributed by atoms with van der Waals surface area (Å²) >= 11 is 0. The summed E-state index contributed by atoms with van der Waals surface area (Å²) in [5.41, 5.74) is 1.42. The van der Waals surface area contributed by atoms with E-state index in [9.17, 15) is 13.2 Å². The maximum atomic E-state index is 13.5. The molecule has 0 aliphatic rings. The van der Waals surface area contributed by atoms with Gasteiger partial charge in [0.2, 0.25) is 5.95 Å². The van der Waals surface area contributed by atoms with Crippen molar-refractivity contribution >= 4 is 23.1 Å². The van der Waals surface area contributed by atoms with Crippen molar-refractivity contribution < 1.29 is 17.9 Å². The van der Waals surface area contributed by atoms with Crippen molar-refractivity contribution in [1.82, 2.24) is 9.97 Å². The molecule has 33 heavy (non-hydrogen) atoms. The lowest BCUT2D eigenvalue weighted by atomic mass is 10.1. The van der Waals surface area contributed by atoms with Crippen molar-refractivity contribution in [2.45, 2.75) is 52.1 Å². The number of hydrogen-bond acceptors (Lipinski definition) is 5. The molecule has 8 heteroatoms. The zero-order valence-corrected chi connectivity index (χ0v) is 18.9. The molecule has 0 unspecified atom stereocenters. The number of aryl methyl sites for hydroxylation is 1. The van der Waals surface area contributed by atoms with Crippen molar-refractivity contribution in [2.24, 2.45) is 0 Å². The molecule has 0 amide bonds. The number of hydrogen-bond donors (Lipinski definition) is 2. The Morgan fingerprint density at radius 1 is 0.909 bits per heavy atom. The lowest BCUT2D eigenvalue weighted by molar-refractivity contribution is -0.137. The van der Waals surface area contributed by atoms with E-state index in [1.165, 1.54) is 24.8 Å². The normalized spacial score (nSPS) is 11.3. The highest BCUT2D eigenvalue weighted by atomic mass is 19.4. The largest absolute Gasteiger partial charge is 0.494 e. The lowest BCUT2D eigenvalue weighted by Crippen LogP contribution is -2.12. The third kappa shape index (κ3) is 7.37. The Balaban J connectivity index is 1.76. The van der Waals surface area contributed by atoms with Gasteiger partial charge < -0.3 is 15.4 Å². The van der Waals surface area contributed by atoms with Crippen LogP contribution in [-0.4, -0.2) is 16.6 Å². The Kier molecular flexibility index (Phi) is 8.52. The average Bonchev–Trinajstić information content (AvgIpc) is 2.78. The van der Waals surface area contributed by atoms with Crippen molar-refractivity contribution in [2.75, 3.05) is 17.2 Å². The Bertz CT molecular complexity index is 1020. The Morgan fingerprint density at radius 2 is 1.70 bits per heavy atom. The summed E-state index contributed by atoms with van der Waals surface area (Å²) < 4.78 is 46.0. The van der Waals surface area contributed by atoms with Crippen LogP contribution < -0.4 is 15.4 Å². The van der Waals surface area contributed by atoms with Crippen LogP contribution in [0.1, 0.15) is 50.7 Å². The van der Waals surface area contributed by atoms with Gasteiger partial charge in [-0.25, -0.2) is 4.98 Å². The van der Waals surface area contributed by atoms with Crippen LogP contribution in [0.2, 0.25) is 0 Å². The number of ether oxygens (including phenoxy) is 1. The van der Waals surface area contributed by atoms with Gasteiger partial charge in [0.1, 0.15) is 17.1 Å². The number of rotatable bonds is 11. The molecule has 1 heterocycles. The predicted octanol–water partition coefficient (Wildman–Crippen LogP) is 7.50. The summed E-state index contributed by atoms with van der Waals surface area (Å²) in [7, 11) is 0. The zero-order chi connectivity index (χ0) is 23.7. The summed E-state index contributed by atoms with van der Waals surface area (Å²) in [5, 5.41) is 5.75. The fourth-order valence-electron chi connectivity index (χ4n) is 3.35. The quantitative estimate of drug-likeness (QED) is 0.291. The fraction of sp³-hybridized carbons (Fsp3) is 0.360. The fourth-order valence-corrected chi connectivity index (χ4v) is 3.35. The molecule has 176 valence electrons. The highest BCUT2D eigenvalue weighted by Gasteiger charge is 2.35. The number of alkyl halides is 3. The Labute approximate surface area is 192 Å². The molecule has 3 aromatic rings. The molecule has 0 aliphatic carbocycles. The average molecular weight is 459 g/mol. The molecule has 0 saturated heterocycles. The number of nitrogens with zero attached hydrogens (tertiary/aromatic N) is 2. The van der Waals surface area contributed by atoms with Crippen LogP contribution in [0.3, 0.4) is 0 Å². The van der Waals surface area contributed by atoms with E-state index in [0.717, 1.165) is 19.0 Å². The van der Waals surface area contributed by atoms with Crippen LogP contribution >= 0.6 is 0 Å². The summed E-state index contributed by atoms with van der Waals surface area (Å²) in [6.45, 7) is 4.47. The first kappa shape index (κ1) is 24.4. The first-order valence-electron chi connectivity index (χ1n) is 11.2. The maximum Gasteiger partial charge on any atom is 0.421 e. The summed E-state index contributed by atoms with van der Waals surface area (Å²) in [6.07, 6.45) is 1.97. The lowest BCUT2D eigenvalue weighted by Gasteiger charge is -2.15. The third-order valence-electron chi connectivity index (χ3n) is 5.03. The van der Waals surface area contributed by atoms with Gasteiger partial charge in [-0.15, -0.1) is 0 Å². The minimum absolute atomic E-state index is 0.0714. The van der Waals surface area contributed by atoms with Gasteiger partial charge in [-0.3, -0.25) is 0 Å². The molecular weight excluding hydrogens is 429 g/mol. The van der Waals surface area contributed by atoms with Crippen LogP contribution in [0, 0.1) is 0 Å². The van der Waals surface area contributed by atoms with E-state index in [2.05, 4.69) is 27.5 Å². The molecular formula is C25H29F3N4O. The van der Waals surface area contributed by atoms with Gasteiger partial charge in [-0.1, -0.05) is 44.4 Å². The Hall–Kier alpha value is -3.29. The van der Waals surface area contributed by atoms with Crippen molar-refractivity contribution in [3.05, 3.63) is 65.9 Å². The van der Waals surface area contributed by atoms with E-state index in [-0.39, 0.29) is 11.8 Å². The minimum atomic E-state index is -4.60. The van der Waals surface area contributed by atoms with E-state index in [1.54, 1.807) is 24.3 Å². The van der Waals surface area contributed by atoms with Gasteiger partial charge in [0.15, 0.2) is 0 Å². The number of benzene rings is 2. The molecule has 0 saturated carbocycles. The van der Waals surface area contributed by atoms with Crippen LogP contribution in [-0.2, 0) is 12.6 Å². The van der Waals surface area contributed by atoms with Gasteiger partial charge in [0.25, 0.3) is 0 Å². The topological polar surface area (TPSA) is 59.1 Å². The second-order valence-electron chi connectivity index (χ2n) is 7.67. The predicted molar refractivity (Wildman–Crippen MR) is 125 cm³/mol. The first-order chi connectivity index (χ1) is 15.9. The van der Waals surface area contributed by atoms with E-state index >= 15 is 0 Å². The standard InChI is InChI=1S/C25H29F3N4O/c1-3-5-6-7-9-18-12-14-19(15-13-18)31-24-29-17-22(25(26,27)28)23(32-24)30-20-10-8-11-21(16-20)33-4-2/h8,10-17H,3-7,9H2,1-2H3,(H2,29,30,31,32). The highest BCUT2D eigenvalue weighted by molar-refractivity contribution is 5.64. The van der Waals surface area contributed by atoms with Crippen LogP contribution in [0.4, 0.5) is 36.3 Å². The molecule has 0 spiro atoms. The monoisotopic (exact) mass is 458 g/mol. The van der Waals surface area contributed by atoms with E-state index in [0.29, 0.717) is 23.7 Å². The highest BCUT2D eigenvalue weighted by Crippen LogP contribution is 2.35. The van der Waals surface area contributed by atoms with Gasteiger partial charge in [0.05, 0.1) is 6.61 Å². The van der Waals surface area contributed by atoms with Crippen molar-refractivity contribution in [3.8, 4) is 5.75 Å². The van der Waals surface area contributed by atoms with Crippen LogP contribution in [0.15, 0.2) is 54.7 Å². The SMILES string of the molecule is CCCCCCc1ccc(Nc2ncc(C(F)(F)F)c(Nc3cccc(OCC)c3)n2)cc1. The van der Waals surface area contributed by atoms with Crippen molar-refractivity contribution in [1.29, 1.82) is 0 Å². The van der Waals surface area contributed by atoms with Gasteiger partial charge >= 0.3 is 6.18 Å². The second-order valence-corrected chi connectivity index (χ2v) is 7.67. The zero-order valence-electron chi connectivity index (χ0n) is 18.9. The maximum absolute atomic E-state index is 13.5. The molecule has 2 aromatic carbocycles. The minimum Gasteiger partial charge on any atom is -0.494 e. The Morgan fingerprint density at radius 3 is 2.39 bits per heavy atom. The summed E-state index contributed by atoms with van der Waals surface area (Å²) in [6, 6.07) is 14.5. The molecule has 0 atom stereocenters. The molecule has 3 rings (SSSR count). The van der Waals surface area contributed by atoms with Gasteiger partial charge in [-0.05, 0) is 49.6 Å². The molecule has 0 bridgehead atoms. The molecule has 1 aromatic heterocycles. The summed E-state index contributed by atoms with van der Waals surface area (Å²) in [5.74, 6) is 0.293. The molecule has 5 nitrogen and oxygen atoms in total. The van der Waals surface area contributed by atoms with Crippen LogP contribution in [0.5, 0.6) is 5.75 Å². The molecule has 0 fully saturated rings. The third-order valence-corrected chi connectivity index (χ3v) is 5.03. The smallest absolute Gasteiger partial charge is 0.421 e. The number of halogens is 3. The van der Waals surface area contributed by atoms with Crippen molar-refractivity contribution in [3.63, 3.8) is 0 Å². The van der Waals surface area contributed by atoms with E-state index < -0.39 is 11.7 Å². The van der Waals surface area contributed by atoms with Gasteiger partial charge in [-0.2, -0.15) is 18.2 Å².